The minimum Gasteiger partial charge on any atom is -0.461 e. The van der Waals surface area contributed by atoms with Gasteiger partial charge in [-0.2, -0.15) is 0 Å². The summed E-state index contributed by atoms with van der Waals surface area (Å²) in [5.74, 6) is 0.783. The molecule has 0 aromatic heterocycles. The Bertz CT molecular complexity index is 588. The van der Waals surface area contributed by atoms with E-state index in [2.05, 4.69) is 48.4 Å². The van der Waals surface area contributed by atoms with Crippen LogP contribution < -0.4 is 4.90 Å². The average molecular weight is 283 g/mol. The van der Waals surface area contributed by atoms with Gasteiger partial charge >= 0.3 is 5.97 Å². The molecule has 2 aliphatic carbocycles. The summed E-state index contributed by atoms with van der Waals surface area (Å²) in [6, 6.07) is 10.4. The lowest BCUT2D eigenvalue weighted by Crippen LogP contribution is -2.23. The third-order valence-electron chi connectivity index (χ3n) is 4.43. The zero-order valence-corrected chi connectivity index (χ0v) is 12.6. The Labute approximate surface area is 125 Å². The number of allylic oxidation sites excluding steroid dienone is 2. The molecule has 0 fully saturated rings. The highest BCUT2D eigenvalue weighted by Crippen LogP contribution is 2.44. The van der Waals surface area contributed by atoms with E-state index < -0.39 is 0 Å². The number of ether oxygens (including phenoxy) is 1. The molecule has 2 bridgehead atoms. The molecular weight excluding hydrogens is 262 g/mol. The van der Waals surface area contributed by atoms with Crippen LogP contribution in [0.4, 0.5) is 5.69 Å². The third kappa shape index (κ3) is 2.87. The van der Waals surface area contributed by atoms with Crippen molar-refractivity contribution in [2.75, 3.05) is 25.1 Å². The van der Waals surface area contributed by atoms with E-state index in [9.17, 15) is 4.79 Å². The maximum absolute atomic E-state index is 11.1. The van der Waals surface area contributed by atoms with Gasteiger partial charge in [0.15, 0.2) is 0 Å². The first-order chi connectivity index (χ1) is 10.1. The monoisotopic (exact) mass is 283 g/mol. The lowest BCUT2D eigenvalue weighted by atomic mass is 9.97. The maximum atomic E-state index is 11.1. The van der Waals surface area contributed by atoms with Gasteiger partial charge in [-0.1, -0.05) is 30.4 Å². The van der Waals surface area contributed by atoms with Gasteiger partial charge in [0.25, 0.3) is 0 Å². The summed E-state index contributed by atoms with van der Waals surface area (Å²) in [6.07, 6.45) is 5.71. The smallest absolute Gasteiger partial charge is 0.302 e. The number of anilines is 1. The zero-order chi connectivity index (χ0) is 14.8. The number of nitrogens with zero attached hydrogens (tertiary/aromatic N) is 1. The molecule has 0 heterocycles. The molecule has 21 heavy (non-hydrogen) atoms. The van der Waals surface area contributed by atoms with Crippen LogP contribution in [0.3, 0.4) is 0 Å². The first kappa shape index (κ1) is 13.9. The van der Waals surface area contributed by atoms with E-state index in [0.717, 1.165) is 13.0 Å². The first-order valence-electron chi connectivity index (χ1n) is 7.45. The second-order valence-corrected chi connectivity index (χ2v) is 5.86. The van der Waals surface area contributed by atoms with E-state index in [1.165, 1.54) is 23.8 Å². The number of hydrogen-bond acceptors (Lipinski definition) is 3. The van der Waals surface area contributed by atoms with Crippen LogP contribution in [0.2, 0.25) is 0 Å². The van der Waals surface area contributed by atoms with Crippen LogP contribution in [-0.2, 0) is 9.53 Å². The quantitative estimate of drug-likeness (QED) is 0.614. The Morgan fingerprint density at radius 1 is 1.19 bits per heavy atom. The predicted molar refractivity (Wildman–Crippen MR) is 84.1 cm³/mol. The molecule has 3 heteroatoms. The molecule has 0 N–H and O–H groups in total. The summed E-state index contributed by atoms with van der Waals surface area (Å²) < 4.78 is 5.25. The van der Waals surface area contributed by atoms with Crippen molar-refractivity contribution in [1.29, 1.82) is 0 Å². The van der Waals surface area contributed by atoms with Crippen molar-refractivity contribution < 1.29 is 9.53 Å². The molecule has 110 valence electrons. The van der Waals surface area contributed by atoms with E-state index in [4.69, 9.17) is 4.74 Å². The van der Waals surface area contributed by atoms with Crippen molar-refractivity contribution in [2.24, 2.45) is 11.8 Å². The van der Waals surface area contributed by atoms with Crippen LogP contribution in [-0.4, -0.2) is 26.2 Å². The Hall–Kier alpha value is -2.03. The van der Waals surface area contributed by atoms with Gasteiger partial charge in [-0.15, -0.1) is 0 Å². The normalized spacial score (nSPS) is 22.8. The highest BCUT2D eigenvalue weighted by atomic mass is 16.5. The summed E-state index contributed by atoms with van der Waals surface area (Å²) >= 11 is 0. The van der Waals surface area contributed by atoms with Crippen molar-refractivity contribution in [3.63, 3.8) is 0 Å². The Morgan fingerprint density at radius 3 is 2.52 bits per heavy atom. The number of benzene rings is 1. The molecule has 1 aromatic rings. The molecule has 0 amide bonds. The van der Waals surface area contributed by atoms with Gasteiger partial charge in [0, 0.05) is 38.0 Å². The molecule has 0 saturated heterocycles. The Morgan fingerprint density at radius 2 is 1.86 bits per heavy atom. The van der Waals surface area contributed by atoms with E-state index in [0.29, 0.717) is 18.4 Å². The molecule has 1 aromatic carbocycles. The van der Waals surface area contributed by atoms with Gasteiger partial charge in [0.05, 0.1) is 0 Å². The van der Waals surface area contributed by atoms with E-state index in [1.807, 2.05) is 6.07 Å². The van der Waals surface area contributed by atoms with E-state index >= 15 is 0 Å². The minimum absolute atomic E-state index is 0.204. The number of hydrogen-bond donors (Lipinski definition) is 0. The summed E-state index contributed by atoms with van der Waals surface area (Å²) in [6.45, 7) is 2.81. The Kier molecular flexibility index (Phi) is 3.82. The molecule has 0 radical (unpaired) electrons. The lowest BCUT2D eigenvalue weighted by Gasteiger charge is -2.24. The molecular formula is C18H21NO2. The summed E-state index contributed by atoms with van der Waals surface area (Å²) in [5.41, 5.74) is 3.94. The highest BCUT2D eigenvalue weighted by molar-refractivity contribution is 5.66. The highest BCUT2D eigenvalue weighted by Gasteiger charge is 2.35. The van der Waals surface area contributed by atoms with Crippen LogP contribution in [0.5, 0.6) is 0 Å². The Balaban J connectivity index is 1.76. The molecule has 3 rings (SSSR count). The van der Waals surface area contributed by atoms with Gasteiger partial charge in [-0.05, 0) is 29.7 Å². The van der Waals surface area contributed by atoms with E-state index in [1.54, 1.807) is 0 Å². The average Bonchev–Trinajstić information content (AvgIpc) is 3.07. The summed E-state index contributed by atoms with van der Waals surface area (Å²) in [5, 5.41) is 0. The minimum atomic E-state index is -0.204. The largest absolute Gasteiger partial charge is 0.461 e. The first-order valence-corrected chi connectivity index (χ1v) is 7.45. The number of carbonyl (C=O) groups is 1. The van der Waals surface area contributed by atoms with Gasteiger partial charge in [0.1, 0.15) is 6.61 Å². The van der Waals surface area contributed by atoms with Gasteiger partial charge in [0.2, 0.25) is 0 Å². The van der Waals surface area contributed by atoms with Crippen molar-refractivity contribution in [3.05, 3.63) is 53.6 Å². The fraction of sp³-hybridized carbons (Fsp3) is 0.389. The van der Waals surface area contributed by atoms with Crippen LogP contribution in [0, 0.1) is 11.8 Å². The van der Waals surface area contributed by atoms with Crippen molar-refractivity contribution in [1.82, 2.24) is 0 Å². The number of esters is 1. The van der Waals surface area contributed by atoms with Gasteiger partial charge < -0.3 is 9.64 Å². The number of carbonyl (C=O) groups excluding carboxylic acids is 1. The molecule has 2 atom stereocenters. The van der Waals surface area contributed by atoms with Crippen molar-refractivity contribution in [2.45, 2.75) is 13.3 Å². The molecule has 3 nitrogen and oxygen atoms in total. The van der Waals surface area contributed by atoms with Crippen molar-refractivity contribution >= 4 is 11.7 Å². The second-order valence-electron chi connectivity index (χ2n) is 5.86. The van der Waals surface area contributed by atoms with Crippen LogP contribution in [0.25, 0.3) is 0 Å². The number of fused-ring (bicyclic) bond motifs is 2. The lowest BCUT2D eigenvalue weighted by molar-refractivity contribution is -0.140. The predicted octanol–water partition coefficient (Wildman–Crippen LogP) is 3.19. The number of para-hydroxylation sites is 1. The second kappa shape index (κ2) is 5.76. The maximum Gasteiger partial charge on any atom is 0.302 e. The fourth-order valence-corrected chi connectivity index (χ4v) is 3.32. The van der Waals surface area contributed by atoms with Crippen LogP contribution >= 0.6 is 0 Å². The topological polar surface area (TPSA) is 29.5 Å². The third-order valence-corrected chi connectivity index (χ3v) is 4.43. The van der Waals surface area contributed by atoms with Gasteiger partial charge in [-0.3, -0.25) is 4.79 Å². The molecule has 0 saturated carbocycles. The summed E-state index contributed by atoms with van der Waals surface area (Å²) in [4.78, 5) is 13.3. The summed E-state index contributed by atoms with van der Waals surface area (Å²) in [7, 11) is 2.11. The molecule has 2 unspecified atom stereocenters. The van der Waals surface area contributed by atoms with Crippen molar-refractivity contribution in [3.8, 4) is 0 Å². The standard InChI is InChI=1S/C18H21NO2/c1-13(20)21-12-18-15-9-8-14(10-15)17(18)11-19(2)16-6-4-3-5-7-16/h3-9,14-15H,10-12H2,1-2H3. The fourth-order valence-electron chi connectivity index (χ4n) is 3.32. The van der Waals surface area contributed by atoms with Crippen LogP contribution in [0.15, 0.2) is 53.6 Å². The van der Waals surface area contributed by atoms with Gasteiger partial charge in [-0.25, -0.2) is 0 Å². The number of likely N-dealkylation sites (N-methyl/N-ethyl adjacent to an activating group) is 1. The SMILES string of the molecule is CC(=O)OCC1=C(CN(C)c2ccccc2)C2C=CC1C2. The number of rotatable bonds is 5. The van der Waals surface area contributed by atoms with E-state index in [-0.39, 0.29) is 5.97 Å². The zero-order valence-electron chi connectivity index (χ0n) is 12.6. The van der Waals surface area contributed by atoms with Crippen LogP contribution in [0.1, 0.15) is 13.3 Å². The molecule has 0 aliphatic heterocycles. The molecule has 2 aliphatic rings. The molecule has 0 spiro atoms.